The highest BCUT2D eigenvalue weighted by Gasteiger charge is 2.12. The molecule has 2 nitrogen and oxygen atoms in total. The Balaban J connectivity index is 2.26. The molecule has 0 spiro atoms. The van der Waals surface area contributed by atoms with E-state index in [9.17, 15) is 0 Å². The summed E-state index contributed by atoms with van der Waals surface area (Å²) >= 11 is 1.75. The molecule has 1 heterocycles. The van der Waals surface area contributed by atoms with Crippen molar-refractivity contribution >= 4 is 17.0 Å². The lowest BCUT2D eigenvalue weighted by molar-refractivity contribution is 0.869. The van der Waals surface area contributed by atoms with E-state index in [2.05, 4.69) is 47.5 Å². The van der Waals surface area contributed by atoms with E-state index in [4.69, 9.17) is 5.73 Å². The third-order valence-electron chi connectivity index (χ3n) is 3.00. The second-order valence-electron chi connectivity index (χ2n) is 4.40. The molecule has 2 aromatic rings. The largest absolute Gasteiger partial charge is 0.378 e. The van der Waals surface area contributed by atoms with Crippen LogP contribution in [0.1, 0.15) is 22.0 Å². The van der Waals surface area contributed by atoms with Crippen LogP contribution in [0.4, 0.5) is 5.69 Å². The summed E-state index contributed by atoms with van der Waals surface area (Å²) < 4.78 is 0. The average Bonchev–Trinajstić information content (AvgIpc) is 2.74. The van der Waals surface area contributed by atoms with E-state index in [1.54, 1.807) is 11.3 Å². The zero-order chi connectivity index (χ0) is 12.4. The number of benzene rings is 1. The van der Waals surface area contributed by atoms with E-state index in [0.29, 0.717) is 0 Å². The van der Waals surface area contributed by atoms with Gasteiger partial charge >= 0.3 is 0 Å². The summed E-state index contributed by atoms with van der Waals surface area (Å²) in [5.74, 6) is 0. The first kappa shape index (κ1) is 12.1. The zero-order valence-electron chi connectivity index (χ0n) is 10.5. The second-order valence-corrected chi connectivity index (χ2v) is 5.52. The minimum absolute atomic E-state index is 0.0162. The van der Waals surface area contributed by atoms with Crippen molar-refractivity contribution in [2.75, 3.05) is 19.0 Å². The molecule has 0 saturated carbocycles. The van der Waals surface area contributed by atoms with Crippen LogP contribution >= 0.6 is 11.3 Å². The molecule has 0 fully saturated rings. The average molecular weight is 246 g/mol. The number of anilines is 1. The van der Waals surface area contributed by atoms with Gasteiger partial charge in [-0.3, -0.25) is 0 Å². The number of nitrogens with zero attached hydrogens (tertiary/aromatic N) is 1. The van der Waals surface area contributed by atoms with E-state index in [1.807, 2.05) is 14.1 Å². The van der Waals surface area contributed by atoms with Crippen LogP contribution in [-0.2, 0) is 0 Å². The van der Waals surface area contributed by atoms with Crippen molar-refractivity contribution in [3.63, 3.8) is 0 Å². The van der Waals surface area contributed by atoms with Gasteiger partial charge in [0.2, 0.25) is 0 Å². The van der Waals surface area contributed by atoms with Crippen LogP contribution in [0.2, 0.25) is 0 Å². The molecule has 0 saturated heterocycles. The second kappa shape index (κ2) is 4.90. The van der Waals surface area contributed by atoms with Gasteiger partial charge in [-0.2, -0.15) is 0 Å². The molecule has 1 aromatic heterocycles. The summed E-state index contributed by atoms with van der Waals surface area (Å²) in [7, 11) is 4.08. The lowest BCUT2D eigenvalue weighted by Crippen LogP contribution is -2.13. The van der Waals surface area contributed by atoms with E-state index in [-0.39, 0.29) is 6.04 Å². The van der Waals surface area contributed by atoms with Crippen LogP contribution in [0.15, 0.2) is 35.7 Å². The Bertz CT molecular complexity index is 485. The smallest absolute Gasteiger partial charge is 0.0562 e. The van der Waals surface area contributed by atoms with Crippen LogP contribution in [0.3, 0.4) is 0 Å². The predicted molar refractivity (Wildman–Crippen MR) is 75.9 cm³/mol. The zero-order valence-corrected chi connectivity index (χ0v) is 11.3. The lowest BCUT2D eigenvalue weighted by atomic mass is 10.0. The molecule has 0 radical (unpaired) electrons. The van der Waals surface area contributed by atoms with Crippen LogP contribution in [-0.4, -0.2) is 14.1 Å². The summed E-state index contributed by atoms with van der Waals surface area (Å²) in [5, 5.41) is 2.10. The topological polar surface area (TPSA) is 29.3 Å². The van der Waals surface area contributed by atoms with Gasteiger partial charge in [0.15, 0.2) is 0 Å². The molecule has 0 aliphatic carbocycles. The Morgan fingerprint density at radius 3 is 2.24 bits per heavy atom. The Kier molecular flexibility index (Phi) is 3.50. The van der Waals surface area contributed by atoms with Gasteiger partial charge in [-0.25, -0.2) is 0 Å². The minimum atomic E-state index is -0.0162. The number of hydrogen-bond acceptors (Lipinski definition) is 3. The molecular weight excluding hydrogens is 228 g/mol. The maximum Gasteiger partial charge on any atom is 0.0562 e. The normalized spacial score (nSPS) is 12.5. The van der Waals surface area contributed by atoms with E-state index in [1.165, 1.54) is 16.1 Å². The van der Waals surface area contributed by atoms with Crippen molar-refractivity contribution in [1.29, 1.82) is 0 Å². The van der Waals surface area contributed by atoms with Gasteiger partial charge in [-0.05, 0) is 41.6 Å². The van der Waals surface area contributed by atoms with Crippen LogP contribution in [0, 0.1) is 6.92 Å². The third-order valence-corrected chi connectivity index (χ3v) is 3.86. The summed E-state index contributed by atoms with van der Waals surface area (Å²) in [5.41, 5.74) is 9.87. The van der Waals surface area contributed by atoms with Crippen molar-refractivity contribution in [2.24, 2.45) is 5.73 Å². The highest BCUT2D eigenvalue weighted by molar-refractivity contribution is 7.10. The Morgan fingerprint density at radius 2 is 1.76 bits per heavy atom. The number of aryl methyl sites for hydroxylation is 1. The molecule has 0 aliphatic rings. The van der Waals surface area contributed by atoms with Gasteiger partial charge < -0.3 is 10.6 Å². The predicted octanol–water partition coefficient (Wildman–Crippen LogP) is 3.17. The highest BCUT2D eigenvalue weighted by atomic mass is 32.1. The maximum atomic E-state index is 6.28. The lowest BCUT2D eigenvalue weighted by Gasteiger charge is -2.16. The van der Waals surface area contributed by atoms with Crippen LogP contribution in [0.25, 0.3) is 0 Å². The van der Waals surface area contributed by atoms with E-state index >= 15 is 0 Å². The molecule has 3 heteroatoms. The number of nitrogens with two attached hydrogens (primary N) is 1. The Morgan fingerprint density at radius 1 is 1.12 bits per heavy atom. The van der Waals surface area contributed by atoms with Gasteiger partial charge in [-0.1, -0.05) is 12.1 Å². The summed E-state index contributed by atoms with van der Waals surface area (Å²) in [4.78, 5) is 3.39. The fraction of sp³-hybridized carbons (Fsp3) is 0.286. The third kappa shape index (κ3) is 2.51. The van der Waals surface area contributed by atoms with Gasteiger partial charge in [-0.15, -0.1) is 11.3 Å². The molecule has 0 bridgehead atoms. The van der Waals surface area contributed by atoms with Crippen molar-refractivity contribution in [1.82, 2.24) is 0 Å². The number of thiophene rings is 1. The molecular formula is C14H18N2S. The molecule has 1 aromatic carbocycles. The minimum Gasteiger partial charge on any atom is -0.378 e. The summed E-state index contributed by atoms with van der Waals surface area (Å²) in [6.07, 6.45) is 0. The number of rotatable bonds is 3. The van der Waals surface area contributed by atoms with Gasteiger partial charge in [0.1, 0.15) is 0 Å². The fourth-order valence-corrected chi connectivity index (χ4v) is 2.63. The first-order chi connectivity index (χ1) is 8.09. The van der Waals surface area contributed by atoms with Gasteiger partial charge in [0.05, 0.1) is 6.04 Å². The molecule has 17 heavy (non-hydrogen) atoms. The standard InChI is InChI=1S/C14H18N2S/c1-10-13(8-9-17-10)14(15)11-4-6-12(7-5-11)16(2)3/h4-9,14H,15H2,1-3H3. The molecule has 1 unspecified atom stereocenters. The maximum absolute atomic E-state index is 6.28. The first-order valence-corrected chi connectivity index (χ1v) is 6.54. The SMILES string of the molecule is Cc1sccc1C(N)c1ccc(N(C)C)cc1. The summed E-state index contributed by atoms with van der Waals surface area (Å²) in [6, 6.07) is 10.5. The fourth-order valence-electron chi connectivity index (χ4n) is 1.88. The Hall–Kier alpha value is -1.32. The molecule has 2 N–H and O–H groups in total. The van der Waals surface area contributed by atoms with Crippen LogP contribution in [0.5, 0.6) is 0 Å². The van der Waals surface area contributed by atoms with Crippen molar-refractivity contribution in [3.8, 4) is 0 Å². The first-order valence-electron chi connectivity index (χ1n) is 5.66. The van der Waals surface area contributed by atoms with E-state index < -0.39 is 0 Å². The van der Waals surface area contributed by atoms with Crippen molar-refractivity contribution in [2.45, 2.75) is 13.0 Å². The number of hydrogen-bond donors (Lipinski definition) is 1. The highest BCUT2D eigenvalue weighted by Crippen LogP contribution is 2.27. The van der Waals surface area contributed by atoms with Gasteiger partial charge in [0, 0.05) is 24.7 Å². The van der Waals surface area contributed by atoms with Crippen molar-refractivity contribution in [3.05, 3.63) is 51.7 Å². The molecule has 1 atom stereocenters. The monoisotopic (exact) mass is 246 g/mol. The summed E-state index contributed by atoms with van der Waals surface area (Å²) in [6.45, 7) is 2.12. The van der Waals surface area contributed by atoms with Crippen LogP contribution < -0.4 is 10.6 Å². The molecule has 0 amide bonds. The van der Waals surface area contributed by atoms with Crippen molar-refractivity contribution < 1.29 is 0 Å². The Labute approximate surface area is 107 Å². The molecule has 2 rings (SSSR count). The van der Waals surface area contributed by atoms with E-state index in [0.717, 1.165) is 5.56 Å². The quantitative estimate of drug-likeness (QED) is 0.901. The molecule has 90 valence electrons. The molecule has 0 aliphatic heterocycles. The van der Waals surface area contributed by atoms with Gasteiger partial charge in [0.25, 0.3) is 0 Å².